The Labute approximate surface area is 118 Å². The second kappa shape index (κ2) is 6.04. The third-order valence-electron chi connectivity index (χ3n) is 2.58. The van der Waals surface area contributed by atoms with Crippen molar-refractivity contribution in [2.24, 2.45) is 0 Å². The summed E-state index contributed by atoms with van der Waals surface area (Å²) in [6.45, 7) is 2.93. The lowest BCUT2D eigenvalue weighted by Crippen LogP contribution is -2.24. The van der Waals surface area contributed by atoms with Crippen molar-refractivity contribution in [3.05, 3.63) is 24.3 Å². The van der Waals surface area contributed by atoms with E-state index < -0.39 is 10.0 Å². The van der Waals surface area contributed by atoms with Crippen molar-refractivity contribution in [1.29, 1.82) is 0 Å². The minimum absolute atomic E-state index is 0.316. The lowest BCUT2D eigenvalue weighted by Gasteiger charge is -2.21. The first-order chi connectivity index (χ1) is 8.25. The Morgan fingerprint density at radius 3 is 2.06 bits per heavy atom. The van der Waals surface area contributed by atoms with Gasteiger partial charge in [-0.05, 0) is 24.3 Å². The van der Waals surface area contributed by atoms with Crippen LogP contribution in [0.1, 0.15) is 6.92 Å². The van der Waals surface area contributed by atoms with Gasteiger partial charge in [-0.15, -0.1) is 0 Å². The predicted molar refractivity (Wildman–Crippen MR) is 79.0 cm³/mol. The van der Waals surface area contributed by atoms with Crippen molar-refractivity contribution < 1.29 is 8.42 Å². The molecule has 0 aliphatic heterocycles. The number of rotatable bonds is 5. The Morgan fingerprint density at radius 2 is 1.67 bits per heavy atom. The van der Waals surface area contributed by atoms with Crippen molar-refractivity contribution in [2.75, 3.05) is 32.6 Å². The van der Waals surface area contributed by atoms with Crippen molar-refractivity contribution in [3.8, 4) is 0 Å². The molecule has 0 spiro atoms. The standard InChI is InChI=1S/C12H19BrN2O2S/c1-10(13)9-15(4)11-5-7-12(8-6-11)18(16,17)14(2)3/h5-8,10H,9H2,1-4H3. The number of alkyl halides is 1. The molecule has 0 aliphatic rings. The van der Waals surface area contributed by atoms with Gasteiger partial charge < -0.3 is 4.90 Å². The van der Waals surface area contributed by atoms with Crippen molar-refractivity contribution in [1.82, 2.24) is 4.31 Å². The number of hydrogen-bond acceptors (Lipinski definition) is 3. The summed E-state index contributed by atoms with van der Waals surface area (Å²) in [4.78, 5) is 2.77. The molecular weight excluding hydrogens is 316 g/mol. The zero-order chi connectivity index (χ0) is 13.9. The first-order valence-corrected chi connectivity index (χ1v) is 7.98. The molecule has 0 fully saturated rings. The summed E-state index contributed by atoms with van der Waals surface area (Å²) >= 11 is 3.49. The summed E-state index contributed by atoms with van der Waals surface area (Å²) < 4.78 is 25.0. The second-order valence-corrected chi connectivity index (χ2v) is 8.16. The van der Waals surface area contributed by atoms with Crippen LogP contribution in [0.15, 0.2) is 29.2 Å². The molecule has 0 N–H and O–H groups in total. The van der Waals surface area contributed by atoms with Gasteiger partial charge in [0, 0.05) is 38.2 Å². The van der Waals surface area contributed by atoms with E-state index in [2.05, 4.69) is 27.8 Å². The van der Waals surface area contributed by atoms with Crippen LogP contribution in [0, 0.1) is 0 Å². The number of benzene rings is 1. The fourth-order valence-corrected chi connectivity index (χ4v) is 2.90. The Hall–Kier alpha value is -0.590. The Kier molecular flexibility index (Phi) is 5.19. The molecule has 1 unspecified atom stereocenters. The molecule has 1 atom stereocenters. The molecule has 102 valence electrons. The smallest absolute Gasteiger partial charge is 0.242 e. The van der Waals surface area contributed by atoms with Crippen LogP contribution in [0.4, 0.5) is 5.69 Å². The minimum atomic E-state index is -3.34. The maximum atomic E-state index is 11.9. The summed E-state index contributed by atoms with van der Waals surface area (Å²) in [5.41, 5.74) is 0.999. The lowest BCUT2D eigenvalue weighted by molar-refractivity contribution is 0.521. The molecule has 4 nitrogen and oxygen atoms in total. The molecule has 1 rings (SSSR count). The number of sulfonamides is 1. The van der Waals surface area contributed by atoms with Gasteiger partial charge in [-0.1, -0.05) is 22.9 Å². The quantitative estimate of drug-likeness (QED) is 0.775. The first-order valence-electron chi connectivity index (χ1n) is 5.63. The zero-order valence-corrected chi connectivity index (χ0v) is 13.5. The van der Waals surface area contributed by atoms with Crippen LogP contribution in [-0.4, -0.2) is 45.2 Å². The lowest BCUT2D eigenvalue weighted by atomic mass is 10.3. The van der Waals surface area contributed by atoms with Gasteiger partial charge in [-0.25, -0.2) is 12.7 Å². The average molecular weight is 335 g/mol. The molecule has 0 aliphatic carbocycles. The number of halogens is 1. The summed E-state index contributed by atoms with van der Waals surface area (Å²) in [5.74, 6) is 0. The maximum absolute atomic E-state index is 11.9. The predicted octanol–water partition coefficient (Wildman–Crippen LogP) is 2.16. The Morgan fingerprint density at radius 1 is 1.17 bits per heavy atom. The van der Waals surface area contributed by atoms with E-state index in [9.17, 15) is 8.42 Å². The van der Waals surface area contributed by atoms with Crippen LogP contribution in [0.25, 0.3) is 0 Å². The van der Waals surface area contributed by atoms with E-state index in [4.69, 9.17) is 0 Å². The van der Waals surface area contributed by atoms with Crippen LogP contribution >= 0.6 is 15.9 Å². The first kappa shape index (κ1) is 15.5. The highest BCUT2D eigenvalue weighted by Gasteiger charge is 2.16. The summed E-state index contributed by atoms with van der Waals surface area (Å²) in [5, 5.41) is 0. The monoisotopic (exact) mass is 334 g/mol. The molecule has 0 saturated heterocycles. The molecule has 0 amide bonds. The molecule has 0 aromatic heterocycles. The van der Waals surface area contributed by atoms with E-state index in [1.54, 1.807) is 12.1 Å². The third-order valence-corrected chi connectivity index (χ3v) is 4.70. The average Bonchev–Trinajstić information content (AvgIpc) is 2.28. The van der Waals surface area contributed by atoms with Crippen LogP contribution < -0.4 is 4.90 Å². The molecule has 0 radical (unpaired) electrons. The van der Waals surface area contributed by atoms with E-state index >= 15 is 0 Å². The van der Waals surface area contributed by atoms with Crippen LogP contribution in [0.3, 0.4) is 0 Å². The van der Waals surface area contributed by atoms with Gasteiger partial charge in [0.15, 0.2) is 0 Å². The van der Waals surface area contributed by atoms with Crippen LogP contribution in [-0.2, 0) is 10.0 Å². The molecule has 0 bridgehead atoms. The molecule has 1 aromatic carbocycles. The highest BCUT2D eigenvalue weighted by atomic mass is 79.9. The highest BCUT2D eigenvalue weighted by Crippen LogP contribution is 2.19. The van der Waals surface area contributed by atoms with Gasteiger partial charge in [0.1, 0.15) is 0 Å². The largest absolute Gasteiger partial charge is 0.373 e. The number of anilines is 1. The summed E-state index contributed by atoms with van der Waals surface area (Å²) in [7, 11) is 1.70. The van der Waals surface area contributed by atoms with Crippen molar-refractivity contribution >= 4 is 31.6 Å². The van der Waals surface area contributed by atoms with Gasteiger partial charge in [-0.3, -0.25) is 0 Å². The third kappa shape index (κ3) is 3.70. The molecule has 0 saturated carbocycles. The van der Waals surface area contributed by atoms with Gasteiger partial charge in [0.05, 0.1) is 4.90 Å². The highest BCUT2D eigenvalue weighted by molar-refractivity contribution is 9.09. The minimum Gasteiger partial charge on any atom is -0.373 e. The van der Waals surface area contributed by atoms with Crippen molar-refractivity contribution in [2.45, 2.75) is 16.6 Å². The molecule has 1 aromatic rings. The molecular formula is C12H19BrN2O2S. The van der Waals surface area contributed by atoms with Gasteiger partial charge in [0.25, 0.3) is 0 Å². The normalized spacial score (nSPS) is 13.7. The maximum Gasteiger partial charge on any atom is 0.242 e. The number of nitrogens with zero attached hydrogens (tertiary/aromatic N) is 2. The topological polar surface area (TPSA) is 40.6 Å². The second-order valence-electron chi connectivity index (χ2n) is 4.44. The fourth-order valence-electron chi connectivity index (χ4n) is 1.57. The van der Waals surface area contributed by atoms with E-state index in [0.29, 0.717) is 9.72 Å². The van der Waals surface area contributed by atoms with Gasteiger partial charge >= 0.3 is 0 Å². The molecule has 0 heterocycles. The van der Waals surface area contributed by atoms with E-state index in [-0.39, 0.29) is 0 Å². The number of hydrogen-bond donors (Lipinski definition) is 0. The zero-order valence-electron chi connectivity index (χ0n) is 11.1. The Balaban J connectivity index is 2.94. The van der Waals surface area contributed by atoms with E-state index in [1.807, 2.05) is 19.2 Å². The van der Waals surface area contributed by atoms with E-state index in [0.717, 1.165) is 12.2 Å². The summed E-state index contributed by atoms with van der Waals surface area (Å²) in [6, 6.07) is 6.93. The summed E-state index contributed by atoms with van der Waals surface area (Å²) in [6.07, 6.45) is 0. The van der Waals surface area contributed by atoms with Gasteiger partial charge in [0.2, 0.25) is 10.0 Å². The fraction of sp³-hybridized carbons (Fsp3) is 0.500. The van der Waals surface area contributed by atoms with E-state index in [1.165, 1.54) is 18.4 Å². The Bertz CT molecular complexity index is 483. The van der Waals surface area contributed by atoms with Crippen LogP contribution in [0.2, 0.25) is 0 Å². The van der Waals surface area contributed by atoms with Gasteiger partial charge in [-0.2, -0.15) is 0 Å². The molecule has 6 heteroatoms. The van der Waals surface area contributed by atoms with Crippen LogP contribution in [0.5, 0.6) is 0 Å². The molecule has 18 heavy (non-hydrogen) atoms. The van der Waals surface area contributed by atoms with Crippen molar-refractivity contribution in [3.63, 3.8) is 0 Å². The SMILES string of the molecule is CC(Br)CN(C)c1ccc(S(=O)(=O)N(C)C)cc1.